The molecule has 0 saturated carbocycles. The van der Waals surface area contributed by atoms with Gasteiger partial charge < -0.3 is 25.2 Å². The molecule has 2 unspecified atom stereocenters. The van der Waals surface area contributed by atoms with Gasteiger partial charge in [-0.15, -0.1) is 11.3 Å². The number of nitrogens with zero attached hydrogens (tertiary/aromatic N) is 2. The fourth-order valence-electron chi connectivity index (χ4n) is 4.02. The zero-order valence-corrected chi connectivity index (χ0v) is 19.8. The number of amides is 1. The van der Waals surface area contributed by atoms with Crippen molar-refractivity contribution in [1.29, 1.82) is 0 Å². The lowest BCUT2D eigenvalue weighted by atomic mass is 10.1. The zero-order valence-electron chi connectivity index (χ0n) is 19.0. The van der Waals surface area contributed by atoms with Gasteiger partial charge in [0.05, 0.1) is 5.57 Å². The third kappa shape index (κ3) is 5.16. The van der Waals surface area contributed by atoms with E-state index in [1.54, 1.807) is 11.3 Å². The Bertz CT molecular complexity index is 968. The summed E-state index contributed by atoms with van der Waals surface area (Å²) >= 11 is 1.72. The van der Waals surface area contributed by atoms with Gasteiger partial charge in [0, 0.05) is 44.0 Å². The minimum Gasteiger partial charge on any atom is -0.485 e. The van der Waals surface area contributed by atoms with Crippen LogP contribution in [0.25, 0.3) is 0 Å². The van der Waals surface area contributed by atoms with E-state index in [9.17, 15) is 4.79 Å². The Labute approximate surface area is 194 Å². The van der Waals surface area contributed by atoms with Crippen LogP contribution in [0.1, 0.15) is 29.9 Å². The first-order chi connectivity index (χ1) is 15.5. The SMILES string of the molecule is CNCCC(Oc1ccc(CN2CCN(C)C3=C(C=CC(C)N3)C2=O)cc1)c1cccs1. The molecule has 170 valence electrons. The first kappa shape index (κ1) is 22.4. The molecule has 2 aromatic rings. The number of nitrogens with one attached hydrogen (secondary N) is 2. The maximum Gasteiger partial charge on any atom is 0.257 e. The van der Waals surface area contributed by atoms with E-state index in [1.165, 1.54) is 4.88 Å². The smallest absolute Gasteiger partial charge is 0.257 e. The number of likely N-dealkylation sites (N-methyl/N-ethyl adjacent to an activating group) is 1. The highest BCUT2D eigenvalue weighted by Crippen LogP contribution is 2.28. The quantitative estimate of drug-likeness (QED) is 0.642. The summed E-state index contributed by atoms with van der Waals surface area (Å²) in [6.07, 6.45) is 4.94. The van der Waals surface area contributed by atoms with Crippen molar-refractivity contribution < 1.29 is 9.53 Å². The summed E-state index contributed by atoms with van der Waals surface area (Å²) in [6, 6.07) is 12.6. The summed E-state index contributed by atoms with van der Waals surface area (Å²) in [6.45, 7) is 5.06. The van der Waals surface area contributed by atoms with Crippen molar-refractivity contribution in [3.05, 3.63) is 75.8 Å². The largest absolute Gasteiger partial charge is 0.485 e. The van der Waals surface area contributed by atoms with Gasteiger partial charge in [-0.1, -0.05) is 24.3 Å². The molecule has 1 aromatic carbocycles. The van der Waals surface area contributed by atoms with E-state index in [1.807, 2.05) is 43.3 Å². The minimum absolute atomic E-state index is 0.0364. The summed E-state index contributed by atoms with van der Waals surface area (Å²) < 4.78 is 6.30. The molecular formula is C25H32N4O2S. The minimum atomic E-state index is 0.0364. The molecule has 6 nitrogen and oxygen atoms in total. The Morgan fingerprint density at radius 1 is 1.25 bits per heavy atom. The number of carbonyl (C=O) groups excluding carboxylic acids is 1. The first-order valence-corrected chi connectivity index (χ1v) is 12.1. The van der Waals surface area contributed by atoms with Crippen LogP contribution < -0.4 is 15.4 Å². The van der Waals surface area contributed by atoms with Crippen LogP contribution in [0.5, 0.6) is 5.75 Å². The van der Waals surface area contributed by atoms with E-state index in [0.717, 1.165) is 42.2 Å². The lowest BCUT2D eigenvalue weighted by Gasteiger charge is -2.27. The van der Waals surface area contributed by atoms with Gasteiger partial charge in [-0.3, -0.25) is 4.79 Å². The highest BCUT2D eigenvalue weighted by atomic mass is 32.1. The number of dihydropyridines is 1. The number of hydrogen-bond acceptors (Lipinski definition) is 6. The number of hydrogen-bond donors (Lipinski definition) is 2. The Balaban J connectivity index is 1.43. The molecule has 3 heterocycles. The highest BCUT2D eigenvalue weighted by Gasteiger charge is 2.28. The number of ether oxygens (including phenoxy) is 1. The second kappa shape index (κ2) is 10.2. The van der Waals surface area contributed by atoms with Gasteiger partial charge in [0.2, 0.25) is 0 Å². The maximum atomic E-state index is 13.2. The zero-order chi connectivity index (χ0) is 22.5. The van der Waals surface area contributed by atoms with E-state index in [4.69, 9.17) is 4.74 Å². The van der Waals surface area contributed by atoms with Crippen LogP contribution in [0.3, 0.4) is 0 Å². The molecule has 2 aliphatic rings. The number of thiophene rings is 1. The molecule has 0 saturated heterocycles. The average molecular weight is 453 g/mol. The van der Waals surface area contributed by atoms with Gasteiger partial charge in [-0.05, 0) is 55.7 Å². The van der Waals surface area contributed by atoms with Crippen LogP contribution in [0.4, 0.5) is 0 Å². The molecule has 0 aliphatic carbocycles. The lowest BCUT2D eigenvalue weighted by Crippen LogP contribution is -2.37. The van der Waals surface area contributed by atoms with Crippen molar-refractivity contribution in [2.45, 2.75) is 32.0 Å². The van der Waals surface area contributed by atoms with Crippen molar-refractivity contribution in [2.75, 3.05) is 33.7 Å². The van der Waals surface area contributed by atoms with E-state index in [2.05, 4.69) is 52.1 Å². The molecule has 32 heavy (non-hydrogen) atoms. The predicted octanol–water partition coefficient (Wildman–Crippen LogP) is 3.51. The van der Waals surface area contributed by atoms with Crippen LogP contribution in [0, 0.1) is 0 Å². The van der Waals surface area contributed by atoms with E-state index in [-0.39, 0.29) is 18.1 Å². The van der Waals surface area contributed by atoms with Crippen molar-refractivity contribution >= 4 is 17.2 Å². The summed E-state index contributed by atoms with van der Waals surface area (Å²) in [5.74, 6) is 1.85. The molecule has 4 rings (SSSR count). The van der Waals surface area contributed by atoms with E-state index >= 15 is 0 Å². The van der Waals surface area contributed by atoms with Gasteiger partial charge in [-0.2, -0.15) is 0 Å². The Morgan fingerprint density at radius 2 is 2.06 bits per heavy atom. The summed E-state index contributed by atoms with van der Waals surface area (Å²) in [5, 5.41) is 8.72. The van der Waals surface area contributed by atoms with Crippen LogP contribution in [-0.2, 0) is 11.3 Å². The van der Waals surface area contributed by atoms with E-state index < -0.39 is 0 Å². The predicted molar refractivity (Wildman–Crippen MR) is 129 cm³/mol. The molecule has 0 radical (unpaired) electrons. The second-order valence-electron chi connectivity index (χ2n) is 8.36. The number of rotatable bonds is 8. The molecule has 7 heteroatoms. The Kier molecular flexibility index (Phi) is 7.17. The lowest BCUT2D eigenvalue weighted by molar-refractivity contribution is -0.127. The third-order valence-corrected chi connectivity index (χ3v) is 6.83. The molecule has 0 fully saturated rings. The van der Waals surface area contributed by atoms with Crippen molar-refractivity contribution in [3.63, 3.8) is 0 Å². The van der Waals surface area contributed by atoms with Gasteiger partial charge >= 0.3 is 0 Å². The van der Waals surface area contributed by atoms with Gasteiger partial charge in [0.1, 0.15) is 17.7 Å². The van der Waals surface area contributed by atoms with Crippen molar-refractivity contribution in [3.8, 4) is 5.75 Å². The van der Waals surface area contributed by atoms with Crippen LogP contribution in [0.15, 0.2) is 65.3 Å². The fraction of sp³-hybridized carbons (Fsp3) is 0.400. The topological polar surface area (TPSA) is 56.8 Å². The van der Waals surface area contributed by atoms with Crippen LogP contribution >= 0.6 is 11.3 Å². The number of benzene rings is 1. The standard InChI is InChI=1S/C25H32N4O2S/c1-18-6-11-21-24(27-18)28(3)14-15-29(25(21)30)17-19-7-9-20(10-8-19)31-22(12-13-26-2)23-5-4-16-32-23/h4-11,16,18,22,26-27H,12-15,17H2,1-3H3. The number of carbonyl (C=O) groups is 1. The molecule has 1 amide bonds. The van der Waals surface area contributed by atoms with E-state index in [0.29, 0.717) is 13.1 Å². The summed E-state index contributed by atoms with van der Waals surface area (Å²) in [7, 11) is 4.00. The normalized spacial score (nSPS) is 19.5. The maximum absolute atomic E-state index is 13.2. The third-order valence-electron chi connectivity index (χ3n) is 5.87. The molecular weight excluding hydrogens is 420 g/mol. The second-order valence-corrected chi connectivity index (χ2v) is 9.34. The van der Waals surface area contributed by atoms with Crippen molar-refractivity contribution in [2.24, 2.45) is 0 Å². The molecule has 2 atom stereocenters. The van der Waals surface area contributed by atoms with Gasteiger partial charge in [0.25, 0.3) is 5.91 Å². The first-order valence-electron chi connectivity index (χ1n) is 11.2. The van der Waals surface area contributed by atoms with Crippen molar-refractivity contribution in [1.82, 2.24) is 20.4 Å². The van der Waals surface area contributed by atoms with Crippen LogP contribution in [-0.4, -0.2) is 55.5 Å². The van der Waals surface area contributed by atoms with Gasteiger partial charge in [0.15, 0.2) is 0 Å². The summed E-state index contributed by atoms with van der Waals surface area (Å²) in [5.41, 5.74) is 1.84. The average Bonchev–Trinajstić information content (AvgIpc) is 3.31. The van der Waals surface area contributed by atoms with Gasteiger partial charge in [-0.25, -0.2) is 0 Å². The Hall–Kier alpha value is -2.77. The van der Waals surface area contributed by atoms with Crippen LogP contribution in [0.2, 0.25) is 0 Å². The monoisotopic (exact) mass is 452 g/mol. The molecule has 2 N–H and O–H groups in total. The molecule has 0 spiro atoms. The fourth-order valence-corrected chi connectivity index (χ4v) is 4.81. The molecule has 2 aliphatic heterocycles. The molecule has 0 bridgehead atoms. The summed E-state index contributed by atoms with van der Waals surface area (Å²) in [4.78, 5) is 18.5. The highest BCUT2D eigenvalue weighted by molar-refractivity contribution is 7.10. The molecule has 1 aromatic heterocycles. The Morgan fingerprint density at radius 3 is 2.78 bits per heavy atom.